The number of ether oxygens (including phenoxy) is 4. The molecule has 2 saturated heterocycles. The molecule has 2 fully saturated rings. The van der Waals surface area contributed by atoms with E-state index in [0.29, 0.717) is 17.9 Å². The highest BCUT2D eigenvalue weighted by molar-refractivity contribution is 7.89. The van der Waals surface area contributed by atoms with E-state index in [4.69, 9.17) is 18.9 Å². The highest BCUT2D eigenvalue weighted by Gasteiger charge is 2.50. The summed E-state index contributed by atoms with van der Waals surface area (Å²) in [4.78, 5) is 12.3. The molecule has 2 aliphatic rings. The number of hydrogen-bond acceptors (Lipinski definition) is 7. The average Bonchev–Trinajstić information content (AvgIpc) is 3.33. The van der Waals surface area contributed by atoms with Gasteiger partial charge in [-0.1, -0.05) is 25.1 Å². The van der Waals surface area contributed by atoms with Crippen LogP contribution >= 0.6 is 0 Å². The summed E-state index contributed by atoms with van der Waals surface area (Å²) < 4.78 is 49.2. The Morgan fingerprint density at radius 3 is 2.41 bits per heavy atom. The molecule has 0 spiro atoms. The fourth-order valence-electron chi connectivity index (χ4n) is 3.74. The first-order chi connectivity index (χ1) is 15.4. The van der Waals surface area contributed by atoms with Gasteiger partial charge in [0.05, 0.1) is 25.0 Å². The molecule has 4 rings (SSSR count). The number of sulfonamides is 1. The molecule has 0 unspecified atom stereocenters. The lowest BCUT2D eigenvalue weighted by Crippen LogP contribution is -2.45. The van der Waals surface area contributed by atoms with Crippen LogP contribution in [0.4, 0.5) is 10.5 Å². The molecule has 0 radical (unpaired) electrons. The Morgan fingerprint density at radius 2 is 1.69 bits per heavy atom. The first-order valence-electron chi connectivity index (χ1n) is 10.5. The van der Waals surface area contributed by atoms with E-state index in [9.17, 15) is 13.2 Å². The molecule has 0 saturated carbocycles. The van der Waals surface area contributed by atoms with E-state index in [-0.39, 0.29) is 19.0 Å². The number of benzene rings is 2. The Morgan fingerprint density at radius 1 is 1.00 bits per heavy atom. The Kier molecular flexibility index (Phi) is 6.95. The number of fused-ring (bicyclic) bond motifs is 1. The van der Waals surface area contributed by atoms with E-state index >= 15 is 0 Å². The van der Waals surface area contributed by atoms with Crippen LogP contribution in [0.15, 0.2) is 54.6 Å². The predicted molar refractivity (Wildman–Crippen MR) is 117 cm³/mol. The summed E-state index contributed by atoms with van der Waals surface area (Å²) in [6, 6.07) is 15.8. The summed E-state index contributed by atoms with van der Waals surface area (Å²) >= 11 is 0. The molecule has 9 nitrogen and oxygen atoms in total. The molecule has 0 aromatic heterocycles. The van der Waals surface area contributed by atoms with Crippen molar-refractivity contribution in [2.45, 2.75) is 37.7 Å². The van der Waals surface area contributed by atoms with Gasteiger partial charge in [0.15, 0.2) is 6.10 Å². The van der Waals surface area contributed by atoms with Gasteiger partial charge in [0.2, 0.25) is 10.0 Å². The van der Waals surface area contributed by atoms with Crippen LogP contribution in [0.3, 0.4) is 0 Å². The molecule has 172 valence electrons. The zero-order chi connectivity index (χ0) is 22.6. The van der Waals surface area contributed by atoms with Crippen LogP contribution in [0.1, 0.15) is 13.3 Å². The number of rotatable bonds is 8. The van der Waals surface area contributed by atoms with E-state index < -0.39 is 40.5 Å². The normalized spacial score (nSPS) is 24.7. The van der Waals surface area contributed by atoms with Gasteiger partial charge in [0.1, 0.15) is 23.7 Å². The summed E-state index contributed by atoms with van der Waals surface area (Å²) in [6.07, 6.45) is -1.76. The van der Waals surface area contributed by atoms with Crippen molar-refractivity contribution >= 4 is 21.8 Å². The van der Waals surface area contributed by atoms with Crippen LogP contribution in [0.5, 0.6) is 11.5 Å². The molecule has 2 aromatic rings. The molecule has 0 aliphatic carbocycles. The molecule has 1 amide bonds. The topological polar surface area (TPSA) is 112 Å². The first kappa shape index (κ1) is 22.5. The van der Waals surface area contributed by atoms with Crippen molar-refractivity contribution in [2.75, 3.05) is 24.3 Å². The second kappa shape index (κ2) is 9.86. The van der Waals surface area contributed by atoms with Crippen molar-refractivity contribution in [1.82, 2.24) is 4.72 Å². The van der Waals surface area contributed by atoms with Crippen LogP contribution in [-0.4, -0.2) is 57.8 Å². The van der Waals surface area contributed by atoms with Crippen molar-refractivity contribution < 1.29 is 32.2 Å². The lowest BCUT2D eigenvalue weighted by Gasteiger charge is -2.18. The van der Waals surface area contributed by atoms with Gasteiger partial charge in [-0.3, -0.25) is 5.32 Å². The molecule has 32 heavy (non-hydrogen) atoms. The fraction of sp³-hybridized carbons (Fsp3) is 0.409. The number of nitrogens with one attached hydrogen (secondary N) is 2. The number of para-hydroxylation sites is 1. The number of carbonyl (C=O) groups excluding carboxylic acids is 1. The molecule has 0 bridgehead atoms. The zero-order valence-corrected chi connectivity index (χ0v) is 18.4. The number of carbonyl (C=O) groups is 1. The average molecular weight is 463 g/mol. The minimum Gasteiger partial charge on any atom is -0.457 e. The molecular formula is C22H26N2O7S. The quantitative estimate of drug-likeness (QED) is 0.620. The summed E-state index contributed by atoms with van der Waals surface area (Å²) in [5, 5.41) is 2.67. The number of amides is 1. The van der Waals surface area contributed by atoms with Crippen molar-refractivity contribution in [3.8, 4) is 11.5 Å². The highest BCUT2D eigenvalue weighted by Crippen LogP contribution is 2.30. The molecule has 4 atom stereocenters. The summed E-state index contributed by atoms with van der Waals surface area (Å²) in [5.41, 5.74) is 0.545. The maximum Gasteiger partial charge on any atom is 0.412 e. The first-order valence-corrected chi connectivity index (χ1v) is 12.1. The lowest BCUT2D eigenvalue weighted by molar-refractivity contribution is 0.00883. The highest BCUT2D eigenvalue weighted by atomic mass is 32.2. The van der Waals surface area contributed by atoms with Crippen molar-refractivity contribution in [2.24, 2.45) is 0 Å². The smallest absolute Gasteiger partial charge is 0.412 e. The summed E-state index contributed by atoms with van der Waals surface area (Å²) in [5.74, 6) is 1.40. The van der Waals surface area contributed by atoms with Gasteiger partial charge >= 0.3 is 6.09 Å². The van der Waals surface area contributed by atoms with Gasteiger partial charge in [-0.15, -0.1) is 0 Å². The van der Waals surface area contributed by atoms with Gasteiger partial charge in [0, 0.05) is 5.69 Å². The van der Waals surface area contributed by atoms with Gasteiger partial charge in [0.25, 0.3) is 0 Å². The standard InChI is InChI=1S/C22H26N2O7S/c1-2-12-32(26,27)24-18-13-28-21-19(14-29-20(18)21)31-22(25)23-15-8-10-17(11-9-15)30-16-6-4-3-5-7-16/h3-11,18-21,24H,2,12-14H2,1H3,(H,23,25)/t18-,19-,20-,21+/m1/s1. The molecule has 2 aromatic carbocycles. The van der Waals surface area contributed by atoms with Gasteiger partial charge in [-0.25, -0.2) is 17.9 Å². The van der Waals surface area contributed by atoms with Crippen LogP contribution < -0.4 is 14.8 Å². The zero-order valence-electron chi connectivity index (χ0n) is 17.6. The molecule has 10 heteroatoms. The van der Waals surface area contributed by atoms with Gasteiger partial charge in [-0.05, 0) is 42.8 Å². The Bertz CT molecular complexity index is 1010. The van der Waals surface area contributed by atoms with Crippen LogP contribution in [0.2, 0.25) is 0 Å². The number of anilines is 1. The largest absolute Gasteiger partial charge is 0.457 e. The third-order valence-electron chi connectivity index (χ3n) is 5.15. The van der Waals surface area contributed by atoms with E-state index in [0.717, 1.165) is 5.75 Å². The van der Waals surface area contributed by atoms with E-state index in [1.165, 1.54) is 0 Å². The molecule has 2 heterocycles. The SMILES string of the molecule is CCCS(=O)(=O)N[C@@H]1CO[C@@H]2[C@@H]1OC[C@H]2OC(=O)Nc1ccc(Oc2ccccc2)cc1. The maximum atomic E-state index is 12.3. The van der Waals surface area contributed by atoms with Gasteiger partial charge < -0.3 is 18.9 Å². The monoisotopic (exact) mass is 462 g/mol. The summed E-state index contributed by atoms with van der Waals surface area (Å²) in [7, 11) is -3.40. The van der Waals surface area contributed by atoms with Crippen LogP contribution in [-0.2, 0) is 24.2 Å². The third-order valence-corrected chi connectivity index (χ3v) is 6.76. The fourth-order valence-corrected chi connectivity index (χ4v) is 5.06. The Hall–Kier alpha value is -2.66. The lowest BCUT2D eigenvalue weighted by atomic mass is 10.1. The second-order valence-corrected chi connectivity index (χ2v) is 9.52. The molecular weight excluding hydrogens is 436 g/mol. The predicted octanol–water partition coefficient (Wildman–Crippen LogP) is 2.89. The Labute approximate surface area is 187 Å². The Balaban J connectivity index is 1.28. The van der Waals surface area contributed by atoms with Crippen molar-refractivity contribution in [3.63, 3.8) is 0 Å². The van der Waals surface area contributed by atoms with Crippen molar-refractivity contribution in [1.29, 1.82) is 0 Å². The van der Waals surface area contributed by atoms with Crippen LogP contribution in [0, 0.1) is 0 Å². The van der Waals surface area contributed by atoms with E-state index in [2.05, 4.69) is 10.0 Å². The van der Waals surface area contributed by atoms with Crippen LogP contribution in [0.25, 0.3) is 0 Å². The van der Waals surface area contributed by atoms with Gasteiger partial charge in [-0.2, -0.15) is 0 Å². The summed E-state index contributed by atoms with van der Waals surface area (Å²) in [6.45, 7) is 2.10. The third kappa shape index (κ3) is 5.57. The minimum absolute atomic E-state index is 0.0401. The van der Waals surface area contributed by atoms with Crippen molar-refractivity contribution in [3.05, 3.63) is 54.6 Å². The number of hydrogen-bond donors (Lipinski definition) is 2. The van der Waals surface area contributed by atoms with E-state index in [1.54, 1.807) is 31.2 Å². The van der Waals surface area contributed by atoms with E-state index in [1.807, 2.05) is 30.3 Å². The minimum atomic E-state index is -3.40. The maximum absolute atomic E-state index is 12.3. The molecule has 2 aliphatic heterocycles. The second-order valence-electron chi connectivity index (χ2n) is 7.65. The molecule has 2 N–H and O–H groups in total.